The van der Waals surface area contributed by atoms with E-state index >= 15 is 0 Å². The minimum atomic E-state index is -0.521. The van der Waals surface area contributed by atoms with Gasteiger partial charge < -0.3 is 9.47 Å². The van der Waals surface area contributed by atoms with Crippen molar-refractivity contribution >= 4 is 6.29 Å². The van der Waals surface area contributed by atoms with Gasteiger partial charge in [-0.15, -0.1) is 0 Å². The fraction of sp³-hybridized carbons (Fsp3) is 0.375. The van der Waals surface area contributed by atoms with Crippen molar-refractivity contribution in [1.29, 1.82) is 5.26 Å². The number of ether oxygens (including phenoxy) is 2. The minimum absolute atomic E-state index is 0.0999. The van der Waals surface area contributed by atoms with Gasteiger partial charge in [0.2, 0.25) is 0 Å². The van der Waals surface area contributed by atoms with Gasteiger partial charge in [0.05, 0.1) is 25.0 Å². The summed E-state index contributed by atoms with van der Waals surface area (Å²) in [6.45, 7) is 0. The summed E-state index contributed by atoms with van der Waals surface area (Å²) < 4.78 is 11.4. The highest BCUT2D eigenvalue weighted by atomic mass is 16.5. The van der Waals surface area contributed by atoms with E-state index in [0.29, 0.717) is 23.5 Å². The van der Waals surface area contributed by atoms with E-state index in [1.165, 1.54) is 0 Å². The molecule has 0 amide bonds. The molecule has 1 aromatic carbocycles. The van der Waals surface area contributed by atoms with Crippen molar-refractivity contribution in [2.24, 2.45) is 0 Å². The average molecular weight is 269 g/mol. The number of allylic oxidation sites excluding steroid dienone is 1. The Morgan fingerprint density at radius 3 is 3.15 bits per heavy atom. The topological polar surface area (TPSA) is 59.3 Å². The van der Waals surface area contributed by atoms with Crippen molar-refractivity contribution < 1.29 is 14.3 Å². The summed E-state index contributed by atoms with van der Waals surface area (Å²) in [6, 6.07) is 5.72. The standard InChI is InChI=1S/C16H15NO3/c1-19-12-6-5-11(10-18)14-15(12)20-13-4-2-3-7-16(13,14)8-9-17/h3,5-7,10,13H,2,4,8H2,1H3/t13-,16-/m0/s1. The molecule has 0 N–H and O–H groups in total. The second-order valence-corrected chi connectivity index (χ2v) is 5.14. The van der Waals surface area contributed by atoms with Crippen LogP contribution in [-0.4, -0.2) is 19.5 Å². The SMILES string of the molecule is COc1ccc(C=O)c2c1O[C@H]1CCC=C[C@@]21CC#N. The molecule has 0 bridgehead atoms. The lowest BCUT2D eigenvalue weighted by molar-refractivity contribution is 0.112. The number of carbonyl (C=O) groups excluding carboxylic acids is 1. The van der Waals surface area contributed by atoms with Gasteiger partial charge in [-0.1, -0.05) is 12.2 Å². The van der Waals surface area contributed by atoms with Crippen LogP contribution in [0.15, 0.2) is 24.3 Å². The van der Waals surface area contributed by atoms with Crippen LogP contribution in [0.2, 0.25) is 0 Å². The number of carbonyl (C=O) groups is 1. The zero-order valence-corrected chi connectivity index (χ0v) is 11.3. The summed E-state index contributed by atoms with van der Waals surface area (Å²) >= 11 is 0. The molecule has 0 radical (unpaired) electrons. The lowest BCUT2D eigenvalue weighted by atomic mass is 9.69. The molecule has 2 atom stereocenters. The van der Waals surface area contributed by atoms with Crippen molar-refractivity contribution in [1.82, 2.24) is 0 Å². The summed E-state index contributed by atoms with van der Waals surface area (Å²) in [5, 5.41) is 9.22. The Morgan fingerprint density at radius 1 is 1.60 bits per heavy atom. The van der Waals surface area contributed by atoms with Gasteiger partial charge in [0.25, 0.3) is 0 Å². The smallest absolute Gasteiger partial charge is 0.166 e. The number of hydrogen-bond acceptors (Lipinski definition) is 4. The Balaban J connectivity index is 2.28. The van der Waals surface area contributed by atoms with Gasteiger partial charge in [0.15, 0.2) is 17.8 Å². The van der Waals surface area contributed by atoms with Gasteiger partial charge in [-0.3, -0.25) is 4.79 Å². The Bertz CT molecular complexity index is 629. The molecule has 0 aromatic heterocycles. The van der Waals surface area contributed by atoms with Crippen LogP contribution in [0.25, 0.3) is 0 Å². The van der Waals surface area contributed by atoms with Gasteiger partial charge in [0, 0.05) is 11.1 Å². The van der Waals surface area contributed by atoms with E-state index in [0.717, 1.165) is 24.7 Å². The van der Waals surface area contributed by atoms with Crippen LogP contribution in [0.1, 0.15) is 35.2 Å². The summed E-state index contributed by atoms with van der Waals surface area (Å²) in [4.78, 5) is 11.4. The highest BCUT2D eigenvalue weighted by Gasteiger charge is 2.50. The van der Waals surface area contributed by atoms with Crippen LogP contribution in [-0.2, 0) is 5.41 Å². The molecule has 20 heavy (non-hydrogen) atoms. The molecule has 1 aliphatic heterocycles. The molecule has 102 valence electrons. The largest absolute Gasteiger partial charge is 0.493 e. The van der Waals surface area contributed by atoms with Gasteiger partial charge >= 0.3 is 0 Å². The highest BCUT2D eigenvalue weighted by molar-refractivity contribution is 5.82. The monoisotopic (exact) mass is 269 g/mol. The predicted molar refractivity (Wildman–Crippen MR) is 73.1 cm³/mol. The maximum atomic E-state index is 11.4. The summed E-state index contributed by atoms with van der Waals surface area (Å²) in [5.74, 6) is 1.23. The third-order valence-electron chi connectivity index (χ3n) is 4.18. The molecule has 0 spiro atoms. The number of rotatable bonds is 3. The third kappa shape index (κ3) is 1.56. The first-order valence-electron chi connectivity index (χ1n) is 6.65. The molecule has 1 aromatic rings. The van der Waals surface area contributed by atoms with Gasteiger partial charge in [0.1, 0.15) is 6.10 Å². The Labute approximate surface area is 117 Å². The number of nitriles is 1. The van der Waals surface area contributed by atoms with Crippen molar-refractivity contribution in [3.8, 4) is 17.6 Å². The van der Waals surface area contributed by atoms with E-state index in [-0.39, 0.29) is 6.10 Å². The van der Waals surface area contributed by atoms with E-state index in [4.69, 9.17) is 9.47 Å². The van der Waals surface area contributed by atoms with Gasteiger partial charge in [-0.2, -0.15) is 5.26 Å². The molecule has 3 rings (SSSR count). The minimum Gasteiger partial charge on any atom is -0.493 e. The molecule has 1 aliphatic carbocycles. The third-order valence-corrected chi connectivity index (χ3v) is 4.18. The van der Waals surface area contributed by atoms with Crippen molar-refractivity contribution in [2.75, 3.05) is 7.11 Å². The van der Waals surface area contributed by atoms with E-state index in [1.54, 1.807) is 19.2 Å². The van der Waals surface area contributed by atoms with Gasteiger partial charge in [-0.25, -0.2) is 0 Å². The Kier molecular flexibility index (Phi) is 2.98. The highest BCUT2D eigenvalue weighted by Crippen LogP contribution is 2.54. The van der Waals surface area contributed by atoms with Crippen LogP contribution in [0.4, 0.5) is 0 Å². The van der Waals surface area contributed by atoms with E-state index in [2.05, 4.69) is 12.1 Å². The number of benzene rings is 1. The molecule has 0 unspecified atom stereocenters. The fourth-order valence-electron chi connectivity index (χ4n) is 3.28. The normalized spacial score (nSPS) is 26.1. The first-order chi connectivity index (χ1) is 9.76. The lowest BCUT2D eigenvalue weighted by Crippen LogP contribution is -2.38. The number of nitrogens with zero attached hydrogens (tertiary/aromatic N) is 1. The van der Waals surface area contributed by atoms with Crippen molar-refractivity contribution in [3.05, 3.63) is 35.4 Å². The lowest BCUT2D eigenvalue weighted by Gasteiger charge is -2.32. The zero-order valence-electron chi connectivity index (χ0n) is 11.3. The second-order valence-electron chi connectivity index (χ2n) is 5.14. The Hall–Kier alpha value is -2.28. The molecule has 4 heteroatoms. The molecular formula is C16H15NO3. The summed E-state index contributed by atoms with van der Waals surface area (Å²) in [7, 11) is 1.58. The maximum Gasteiger partial charge on any atom is 0.166 e. The van der Waals surface area contributed by atoms with Gasteiger partial charge in [-0.05, 0) is 25.0 Å². The molecule has 0 fully saturated rings. The summed E-state index contributed by atoms with van der Waals surface area (Å²) in [6.07, 6.45) is 6.89. The van der Waals surface area contributed by atoms with Crippen LogP contribution in [0.5, 0.6) is 11.5 Å². The first kappa shape index (κ1) is 12.7. The number of methoxy groups -OCH3 is 1. The Morgan fingerprint density at radius 2 is 2.45 bits per heavy atom. The summed E-state index contributed by atoms with van der Waals surface area (Å²) in [5.41, 5.74) is 0.854. The fourth-order valence-corrected chi connectivity index (χ4v) is 3.28. The molecule has 0 saturated carbocycles. The molecule has 1 heterocycles. The maximum absolute atomic E-state index is 11.4. The van der Waals surface area contributed by atoms with E-state index < -0.39 is 5.41 Å². The quantitative estimate of drug-likeness (QED) is 0.625. The van der Waals surface area contributed by atoms with Crippen LogP contribution < -0.4 is 9.47 Å². The number of hydrogen-bond donors (Lipinski definition) is 0. The van der Waals surface area contributed by atoms with Crippen LogP contribution >= 0.6 is 0 Å². The number of aldehydes is 1. The van der Waals surface area contributed by atoms with E-state index in [9.17, 15) is 10.1 Å². The molecule has 2 aliphatic rings. The molecular weight excluding hydrogens is 254 g/mol. The predicted octanol–water partition coefficient (Wildman–Crippen LogP) is 2.77. The van der Waals surface area contributed by atoms with E-state index in [1.807, 2.05) is 6.08 Å². The zero-order chi connectivity index (χ0) is 14.2. The molecule has 0 saturated heterocycles. The van der Waals surface area contributed by atoms with Crippen molar-refractivity contribution in [3.63, 3.8) is 0 Å². The van der Waals surface area contributed by atoms with Crippen LogP contribution in [0, 0.1) is 11.3 Å². The molecule has 4 nitrogen and oxygen atoms in total. The second kappa shape index (κ2) is 4.68. The number of fused-ring (bicyclic) bond motifs is 3. The first-order valence-corrected chi connectivity index (χ1v) is 6.65. The van der Waals surface area contributed by atoms with Crippen molar-refractivity contribution in [2.45, 2.75) is 30.8 Å². The van der Waals surface area contributed by atoms with Crippen LogP contribution in [0.3, 0.4) is 0 Å². The average Bonchev–Trinajstić information content (AvgIpc) is 2.82.